The Hall–Kier alpha value is -2.60. The van der Waals surface area contributed by atoms with Gasteiger partial charge in [-0.05, 0) is 42.0 Å². The maximum atomic E-state index is 13.1. The first kappa shape index (κ1) is 16.8. The average molecular weight is 339 g/mol. The van der Waals surface area contributed by atoms with Crippen molar-refractivity contribution in [3.05, 3.63) is 65.9 Å². The summed E-state index contributed by atoms with van der Waals surface area (Å²) in [5.41, 5.74) is 7.92. The molecule has 4 nitrogen and oxygen atoms in total. The number of nitrogens with zero attached hydrogens (tertiary/aromatic N) is 1. The van der Waals surface area contributed by atoms with E-state index in [1.54, 1.807) is 24.3 Å². The summed E-state index contributed by atoms with van der Waals surface area (Å²) in [5.74, 6) is -0.693. The highest BCUT2D eigenvalue weighted by Crippen LogP contribution is 2.26. The Morgan fingerprint density at radius 3 is 2.26 bits per heavy atom. The minimum atomic E-state index is -0.629. The van der Waals surface area contributed by atoms with Crippen molar-refractivity contribution in [2.75, 3.05) is 5.73 Å². The minimum Gasteiger partial charge on any atom is -0.489 e. The first-order valence-electron chi connectivity index (χ1n) is 6.50. The molecule has 0 spiro atoms. The Labute approximate surface area is 137 Å². The van der Waals surface area contributed by atoms with Gasteiger partial charge in [0.1, 0.15) is 41.6 Å². The van der Waals surface area contributed by atoms with E-state index in [0.29, 0.717) is 22.7 Å². The number of nitrogen functional groups attached to an aromatic ring is 1. The molecule has 0 radical (unpaired) electrons. The lowest BCUT2D eigenvalue weighted by atomic mass is 10.1. The fraction of sp³-hybridized carbons (Fsp3) is 0.0625. The van der Waals surface area contributed by atoms with E-state index in [1.807, 2.05) is 0 Å². The van der Waals surface area contributed by atoms with Gasteiger partial charge in [-0.2, -0.15) is 0 Å². The molecule has 0 aliphatic carbocycles. The molecule has 0 amide bonds. The number of aromatic nitrogens is 1. The largest absolute Gasteiger partial charge is 0.489 e. The van der Waals surface area contributed by atoms with Crippen LogP contribution < -0.4 is 10.5 Å². The van der Waals surface area contributed by atoms with Gasteiger partial charge in [0.05, 0.1) is 0 Å². The molecule has 0 saturated carbocycles. The second kappa shape index (κ2) is 7.11. The van der Waals surface area contributed by atoms with Crippen molar-refractivity contribution >= 4 is 18.1 Å². The Kier molecular flexibility index (Phi) is 5.18. The lowest BCUT2D eigenvalue weighted by molar-refractivity contribution is 0.305. The summed E-state index contributed by atoms with van der Waals surface area (Å²) in [6, 6.07) is 10.3. The predicted molar refractivity (Wildman–Crippen MR) is 84.3 cm³/mol. The van der Waals surface area contributed by atoms with Crippen LogP contribution in [0.2, 0.25) is 0 Å². The Morgan fingerprint density at radius 1 is 1.04 bits per heavy atom. The van der Waals surface area contributed by atoms with Crippen LogP contribution in [-0.4, -0.2) is 5.16 Å². The van der Waals surface area contributed by atoms with Crippen molar-refractivity contribution in [2.24, 2.45) is 0 Å². The number of rotatable bonds is 4. The van der Waals surface area contributed by atoms with E-state index >= 15 is 0 Å². The summed E-state index contributed by atoms with van der Waals surface area (Å²) in [7, 11) is 0. The molecular weight excluding hydrogens is 326 g/mol. The topological polar surface area (TPSA) is 61.3 Å². The third kappa shape index (κ3) is 3.98. The van der Waals surface area contributed by atoms with Gasteiger partial charge in [0.15, 0.2) is 0 Å². The van der Waals surface area contributed by atoms with Crippen molar-refractivity contribution in [3.63, 3.8) is 0 Å². The van der Waals surface area contributed by atoms with Gasteiger partial charge in [0.2, 0.25) is 0 Å². The van der Waals surface area contributed by atoms with Crippen LogP contribution in [0.1, 0.15) is 5.56 Å². The zero-order valence-corrected chi connectivity index (χ0v) is 12.6. The molecule has 3 rings (SSSR count). The van der Waals surface area contributed by atoms with Crippen molar-refractivity contribution < 1.29 is 18.0 Å². The number of ether oxygens (including phenoxy) is 1. The van der Waals surface area contributed by atoms with Gasteiger partial charge in [-0.15, -0.1) is 12.4 Å². The van der Waals surface area contributed by atoms with E-state index in [2.05, 4.69) is 5.16 Å². The first-order valence-corrected chi connectivity index (χ1v) is 6.50. The summed E-state index contributed by atoms with van der Waals surface area (Å²) < 4.78 is 36.4. The number of nitrogens with two attached hydrogens (primary N) is 1. The van der Waals surface area contributed by atoms with Crippen LogP contribution in [-0.2, 0) is 6.61 Å². The first-order chi connectivity index (χ1) is 10.6. The Balaban J connectivity index is 0.00000192. The Bertz CT molecular complexity index is 771. The van der Waals surface area contributed by atoms with Gasteiger partial charge in [0, 0.05) is 11.6 Å². The fourth-order valence-electron chi connectivity index (χ4n) is 2.03. The van der Waals surface area contributed by atoms with Gasteiger partial charge >= 0.3 is 0 Å². The highest BCUT2D eigenvalue weighted by atomic mass is 35.5. The Morgan fingerprint density at radius 2 is 1.70 bits per heavy atom. The third-order valence-corrected chi connectivity index (χ3v) is 3.05. The van der Waals surface area contributed by atoms with E-state index < -0.39 is 11.6 Å². The van der Waals surface area contributed by atoms with Gasteiger partial charge in [-0.25, -0.2) is 8.78 Å². The molecule has 2 aromatic carbocycles. The number of benzene rings is 2. The summed E-state index contributed by atoms with van der Waals surface area (Å²) in [4.78, 5) is 0. The molecule has 1 heterocycles. The van der Waals surface area contributed by atoms with Crippen LogP contribution >= 0.6 is 12.4 Å². The maximum Gasteiger partial charge on any atom is 0.147 e. The molecule has 0 bridgehead atoms. The lowest BCUT2D eigenvalue weighted by Crippen LogP contribution is -1.97. The maximum absolute atomic E-state index is 13.1. The smallest absolute Gasteiger partial charge is 0.147 e. The molecule has 23 heavy (non-hydrogen) atoms. The quantitative estimate of drug-likeness (QED) is 0.774. The van der Waals surface area contributed by atoms with Crippen LogP contribution in [0, 0.1) is 11.6 Å². The molecule has 120 valence electrons. The van der Waals surface area contributed by atoms with Crippen molar-refractivity contribution in [1.82, 2.24) is 5.16 Å². The number of hydrogen-bond acceptors (Lipinski definition) is 4. The molecule has 0 atom stereocenters. The molecule has 0 fully saturated rings. The van der Waals surface area contributed by atoms with Crippen molar-refractivity contribution in [2.45, 2.75) is 6.61 Å². The molecule has 0 unspecified atom stereocenters. The fourth-order valence-corrected chi connectivity index (χ4v) is 2.03. The summed E-state index contributed by atoms with van der Waals surface area (Å²) in [5, 5.41) is 3.80. The summed E-state index contributed by atoms with van der Waals surface area (Å²) >= 11 is 0. The summed E-state index contributed by atoms with van der Waals surface area (Å²) in [6.07, 6.45) is 1.36. The van der Waals surface area contributed by atoms with Crippen LogP contribution in [0.3, 0.4) is 0 Å². The summed E-state index contributed by atoms with van der Waals surface area (Å²) in [6.45, 7) is 0.0696. The van der Waals surface area contributed by atoms with Gasteiger partial charge in [0.25, 0.3) is 0 Å². The lowest BCUT2D eigenvalue weighted by Gasteiger charge is -2.07. The van der Waals surface area contributed by atoms with E-state index in [9.17, 15) is 8.78 Å². The number of halogens is 3. The molecule has 2 N–H and O–H groups in total. The van der Waals surface area contributed by atoms with E-state index in [4.69, 9.17) is 15.0 Å². The van der Waals surface area contributed by atoms with Crippen LogP contribution in [0.25, 0.3) is 11.3 Å². The van der Waals surface area contributed by atoms with Gasteiger partial charge < -0.3 is 15.0 Å². The second-order valence-electron chi connectivity index (χ2n) is 4.71. The standard InChI is InChI=1S/C16H12F2N2O2.ClH/c17-12-5-10(6-13(18)7-12)8-21-14-3-1-11(2-4-14)16-15(19)9-22-20-16;/h1-7,9H,8,19H2;1H. The van der Waals surface area contributed by atoms with Gasteiger partial charge in [-0.1, -0.05) is 5.16 Å². The van der Waals surface area contributed by atoms with Crippen LogP contribution in [0.4, 0.5) is 14.5 Å². The molecular formula is C16H13ClF2N2O2. The molecule has 1 aromatic heterocycles. The van der Waals surface area contributed by atoms with E-state index in [1.165, 1.54) is 18.4 Å². The average Bonchev–Trinajstić information content (AvgIpc) is 2.91. The molecule has 0 aliphatic heterocycles. The van der Waals surface area contributed by atoms with Gasteiger partial charge in [-0.3, -0.25) is 0 Å². The van der Waals surface area contributed by atoms with E-state index in [-0.39, 0.29) is 19.0 Å². The number of hydrogen-bond donors (Lipinski definition) is 1. The minimum absolute atomic E-state index is 0. The van der Waals surface area contributed by atoms with E-state index in [0.717, 1.165) is 11.6 Å². The third-order valence-electron chi connectivity index (χ3n) is 3.05. The second-order valence-corrected chi connectivity index (χ2v) is 4.71. The predicted octanol–water partition coefficient (Wildman–Crippen LogP) is 4.20. The van der Waals surface area contributed by atoms with Crippen molar-refractivity contribution in [3.8, 4) is 17.0 Å². The zero-order chi connectivity index (χ0) is 15.5. The molecule has 0 saturated heterocycles. The van der Waals surface area contributed by atoms with Crippen LogP contribution in [0.15, 0.2) is 53.3 Å². The molecule has 0 aliphatic rings. The highest BCUT2D eigenvalue weighted by Gasteiger charge is 2.07. The van der Waals surface area contributed by atoms with Crippen molar-refractivity contribution in [1.29, 1.82) is 0 Å². The monoisotopic (exact) mass is 338 g/mol. The molecule has 7 heteroatoms. The normalized spacial score (nSPS) is 10.2. The zero-order valence-electron chi connectivity index (χ0n) is 11.8. The van der Waals surface area contributed by atoms with Crippen LogP contribution in [0.5, 0.6) is 5.75 Å². The number of anilines is 1. The molecule has 3 aromatic rings. The highest BCUT2D eigenvalue weighted by molar-refractivity contribution is 5.85. The SMILES string of the molecule is Cl.Nc1conc1-c1ccc(OCc2cc(F)cc(F)c2)cc1.